The average molecular weight is 248 g/mol. The van der Waals surface area contributed by atoms with Gasteiger partial charge in [0.25, 0.3) is 0 Å². The molecule has 1 aromatic rings. The Hall–Kier alpha value is -1.32. The molecule has 0 saturated heterocycles. The molecule has 2 rings (SSSR count). The van der Waals surface area contributed by atoms with Crippen molar-refractivity contribution in [1.29, 1.82) is 0 Å². The van der Waals surface area contributed by atoms with E-state index in [-0.39, 0.29) is 0 Å². The molecule has 1 heterocycles. The van der Waals surface area contributed by atoms with Crippen molar-refractivity contribution in [2.45, 2.75) is 52.5 Å². The van der Waals surface area contributed by atoms with Crippen LogP contribution in [0.3, 0.4) is 0 Å². The van der Waals surface area contributed by atoms with Crippen molar-refractivity contribution < 1.29 is 0 Å². The van der Waals surface area contributed by atoms with E-state index in [0.29, 0.717) is 6.04 Å². The highest BCUT2D eigenvalue weighted by Gasteiger charge is 2.29. The SMILES string of the molecule is CCCNc1cc(N(CCC)C2CC2)nc(C)n1. The molecule has 0 amide bonds. The standard InChI is InChI=1S/C14H24N4/c1-4-8-15-13-10-14(17-11(3)16-13)18(9-5-2)12-6-7-12/h10,12H,4-9H2,1-3H3,(H,15,16,17). The highest BCUT2D eigenvalue weighted by molar-refractivity contribution is 5.50. The van der Waals surface area contributed by atoms with E-state index < -0.39 is 0 Å². The van der Waals surface area contributed by atoms with Crippen LogP contribution in [0.15, 0.2) is 6.07 Å². The van der Waals surface area contributed by atoms with Crippen LogP contribution < -0.4 is 10.2 Å². The molecule has 18 heavy (non-hydrogen) atoms. The zero-order chi connectivity index (χ0) is 13.0. The van der Waals surface area contributed by atoms with Crippen molar-refractivity contribution in [3.63, 3.8) is 0 Å². The third-order valence-corrected chi connectivity index (χ3v) is 3.13. The van der Waals surface area contributed by atoms with Crippen molar-refractivity contribution >= 4 is 11.6 Å². The van der Waals surface area contributed by atoms with E-state index in [1.807, 2.05) is 6.92 Å². The van der Waals surface area contributed by atoms with Gasteiger partial charge < -0.3 is 10.2 Å². The summed E-state index contributed by atoms with van der Waals surface area (Å²) < 4.78 is 0. The molecular formula is C14H24N4. The van der Waals surface area contributed by atoms with E-state index >= 15 is 0 Å². The van der Waals surface area contributed by atoms with E-state index in [2.05, 4.69) is 40.1 Å². The lowest BCUT2D eigenvalue weighted by Gasteiger charge is -2.23. The molecule has 1 aromatic heterocycles. The van der Waals surface area contributed by atoms with Crippen LogP contribution in [0.1, 0.15) is 45.4 Å². The summed E-state index contributed by atoms with van der Waals surface area (Å²) in [5.74, 6) is 2.90. The van der Waals surface area contributed by atoms with Crippen molar-refractivity contribution in [3.05, 3.63) is 11.9 Å². The third-order valence-electron chi connectivity index (χ3n) is 3.13. The number of nitrogens with zero attached hydrogens (tertiary/aromatic N) is 3. The van der Waals surface area contributed by atoms with Gasteiger partial charge in [-0.15, -0.1) is 0 Å². The first-order valence-electron chi connectivity index (χ1n) is 7.10. The van der Waals surface area contributed by atoms with Crippen LogP contribution in [0.25, 0.3) is 0 Å². The molecule has 0 aliphatic heterocycles. The predicted molar refractivity (Wildman–Crippen MR) is 76.2 cm³/mol. The normalized spacial score (nSPS) is 14.6. The van der Waals surface area contributed by atoms with Gasteiger partial charge in [-0.05, 0) is 32.6 Å². The quantitative estimate of drug-likeness (QED) is 0.805. The Morgan fingerprint density at radius 2 is 2.06 bits per heavy atom. The molecule has 0 atom stereocenters. The van der Waals surface area contributed by atoms with Gasteiger partial charge in [0.1, 0.15) is 17.5 Å². The summed E-state index contributed by atoms with van der Waals surface area (Å²) in [6.45, 7) is 8.41. The molecule has 4 heteroatoms. The van der Waals surface area contributed by atoms with Gasteiger partial charge in [-0.1, -0.05) is 13.8 Å². The molecular weight excluding hydrogens is 224 g/mol. The van der Waals surface area contributed by atoms with Gasteiger partial charge in [-0.2, -0.15) is 0 Å². The van der Waals surface area contributed by atoms with E-state index in [9.17, 15) is 0 Å². The van der Waals surface area contributed by atoms with Crippen LogP contribution in [0, 0.1) is 6.92 Å². The maximum absolute atomic E-state index is 4.60. The second-order valence-electron chi connectivity index (χ2n) is 5.01. The van der Waals surface area contributed by atoms with Crippen molar-refractivity contribution in [1.82, 2.24) is 9.97 Å². The third kappa shape index (κ3) is 3.34. The first-order chi connectivity index (χ1) is 8.74. The first kappa shape index (κ1) is 13.1. The Labute approximate surface area is 110 Å². The second-order valence-corrected chi connectivity index (χ2v) is 5.01. The number of nitrogens with one attached hydrogen (secondary N) is 1. The van der Waals surface area contributed by atoms with Crippen LogP contribution >= 0.6 is 0 Å². The zero-order valence-corrected chi connectivity index (χ0v) is 11.7. The molecule has 4 nitrogen and oxygen atoms in total. The molecule has 100 valence electrons. The zero-order valence-electron chi connectivity index (χ0n) is 11.7. The molecule has 0 unspecified atom stereocenters. The van der Waals surface area contributed by atoms with Gasteiger partial charge in [0.2, 0.25) is 0 Å². The predicted octanol–water partition coefficient (Wildman–Crippen LogP) is 2.99. The Bertz CT molecular complexity index is 387. The minimum absolute atomic E-state index is 0.707. The van der Waals surface area contributed by atoms with Crippen LogP contribution in [0.2, 0.25) is 0 Å². The molecule has 1 saturated carbocycles. The van der Waals surface area contributed by atoms with E-state index in [0.717, 1.165) is 43.4 Å². The summed E-state index contributed by atoms with van der Waals surface area (Å²) in [5, 5.41) is 3.35. The Morgan fingerprint density at radius 1 is 1.28 bits per heavy atom. The maximum atomic E-state index is 4.60. The van der Waals surface area contributed by atoms with Gasteiger partial charge in [0.15, 0.2) is 0 Å². The van der Waals surface area contributed by atoms with Crippen LogP contribution in [0.5, 0.6) is 0 Å². The molecule has 0 aromatic carbocycles. The first-order valence-corrected chi connectivity index (χ1v) is 7.10. The molecule has 1 aliphatic rings. The Kier molecular flexibility index (Phi) is 4.39. The smallest absolute Gasteiger partial charge is 0.134 e. The number of rotatable bonds is 7. The van der Waals surface area contributed by atoms with Gasteiger partial charge in [-0.3, -0.25) is 0 Å². The fraction of sp³-hybridized carbons (Fsp3) is 0.714. The number of hydrogen-bond donors (Lipinski definition) is 1. The lowest BCUT2D eigenvalue weighted by molar-refractivity contribution is 0.745. The fourth-order valence-corrected chi connectivity index (χ4v) is 2.15. The second kappa shape index (κ2) is 6.03. The van der Waals surface area contributed by atoms with E-state index in [4.69, 9.17) is 0 Å². The Morgan fingerprint density at radius 3 is 2.67 bits per heavy atom. The van der Waals surface area contributed by atoms with Gasteiger partial charge >= 0.3 is 0 Å². The van der Waals surface area contributed by atoms with Crippen molar-refractivity contribution in [3.8, 4) is 0 Å². The van der Waals surface area contributed by atoms with Gasteiger partial charge in [0, 0.05) is 25.2 Å². The molecule has 0 radical (unpaired) electrons. The number of aryl methyl sites for hydroxylation is 1. The summed E-state index contributed by atoms with van der Waals surface area (Å²) >= 11 is 0. The van der Waals surface area contributed by atoms with Crippen molar-refractivity contribution in [2.75, 3.05) is 23.3 Å². The van der Waals surface area contributed by atoms with Crippen molar-refractivity contribution in [2.24, 2.45) is 0 Å². The summed E-state index contributed by atoms with van der Waals surface area (Å²) in [5.41, 5.74) is 0. The summed E-state index contributed by atoms with van der Waals surface area (Å²) in [6.07, 6.45) is 4.89. The highest BCUT2D eigenvalue weighted by atomic mass is 15.2. The topological polar surface area (TPSA) is 41.0 Å². The maximum Gasteiger partial charge on any atom is 0.134 e. The number of anilines is 2. The van der Waals surface area contributed by atoms with E-state index in [1.54, 1.807) is 0 Å². The van der Waals surface area contributed by atoms with Crippen LogP contribution in [0.4, 0.5) is 11.6 Å². The minimum atomic E-state index is 0.707. The molecule has 1 aliphatic carbocycles. The summed E-state index contributed by atoms with van der Waals surface area (Å²) in [4.78, 5) is 11.5. The van der Waals surface area contributed by atoms with Crippen LogP contribution in [-0.2, 0) is 0 Å². The summed E-state index contributed by atoms with van der Waals surface area (Å²) in [7, 11) is 0. The molecule has 0 bridgehead atoms. The number of hydrogen-bond acceptors (Lipinski definition) is 4. The summed E-state index contributed by atoms with van der Waals surface area (Å²) in [6, 6.07) is 2.80. The fourth-order valence-electron chi connectivity index (χ4n) is 2.15. The monoisotopic (exact) mass is 248 g/mol. The number of aromatic nitrogens is 2. The van der Waals surface area contributed by atoms with Gasteiger partial charge in [0.05, 0.1) is 0 Å². The largest absolute Gasteiger partial charge is 0.370 e. The Balaban J connectivity index is 2.16. The van der Waals surface area contributed by atoms with Gasteiger partial charge in [-0.25, -0.2) is 9.97 Å². The highest BCUT2D eigenvalue weighted by Crippen LogP contribution is 2.31. The van der Waals surface area contributed by atoms with E-state index in [1.165, 1.54) is 12.8 Å². The lowest BCUT2D eigenvalue weighted by Crippen LogP contribution is -2.27. The lowest BCUT2D eigenvalue weighted by atomic mass is 10.3. The average Bonchev–Trinajstić information content (AvgIpc) is 3.17. The molecule has 0 spiro atoms. The molecule has 1 N–H and O–H groups in total. The van der Waals surface area contributed by atoms with Crippen LogP contribution in [-0.4, -0.2) is 29.1 Å². The minimum Gasteiger partial charge on any atom is -0.370 e. The molecule has 1 fully saturated rings.